The SMILES string of the molecule is CC(=O)NCC[S@@](=O)C1=C(C(=O)O)N2C(=O)/C(=C(\C)CO)[C@H]2C1. The zero-order chi connectivity index (χ0) is 17.3. The minimum Gasteiger partial charge on any atom is -0.477 e. The molecule has 9 heteroatoms. The van der Waals surface area contributed by atoms with Crippen LogP contribution in [-0.2, 0) is 25.2 Å². The lowest BCUT2D eigenvalue weighted by atomic mass is 9.90. The minimum absolute atomic E-state index is 0.0818. The molecule has 8 nitrogen and oxygen atoms in total. The van der Waals surface area contributed by atoms with E-state index in [4.69, 9.17) is 5.11 Å². The fourth-order valence-electron chi connectivity index (χ4n) is 2.75. The second-order valence-corrected chi connectivity index (χ2v) is 6.95. The van der Waals surface area contributed by atoms with E-state index in [1.807, 2.05) is 0 Å². The number of rotatable bonds is 6. The van der Waals surface area contributed by atoms with Gasteiger partial charge in [-0.15, -0.1) is 0 Å². The molecule has 0 aliphatic carbocycles. The third kappa shape index (κ3) is 3.06. The maximum atomic E-state index is 12.3. The molecule has 1 saturated heterocycles. The standard InChI is InChI=1S/C14H18N2O6S/c1-7(6-17)11-9-5-10(23(22)4-3-15-8(2)18)12(14(20)21)16(9)13(11)19/h9,17H,3-6H2,1-2H3,(H,15,18)(H,20,21)/b11-7+/t9-,23-/m1/s1. The third-order valence-corrected chi connectivity index (χ3v) is 5.30. The Bertz CT molecular complexity index is 666. The Hall–Kier alpha value is -2.00. The smallest absolute Gasteiger partial charge is 0.353 e. The van der Waals surface area contributed by atoms with Crippen molar-refractivity contribution in [3.63, 3.8) is 0 Å². The second kappa shape index (κ2) is 6.63. The van der Waals surface area contributed by atoms with Crippen molar-refractivity contribution < 1.29 is 28.8 Å². The number of hydrogen-bond acceptors (Lipinski definition) is 5. The topological polar surface area (TPSA) is 124 Å². The van der Waals surface area contributed by atoms with E-state index in [-0.39, 0.29) is 41.8 Å². The Morgan fingerprint density at radius 1 is 1.39 bits per heavy atom. The van der Waals surface area contributed by atoms with Gasteiger partial charge in [-0.25, -0.2) is 4.79 Å². The molecule has 2 atom stereocenters. The predicted octanol–water partition coefficient (Wildman–Crippen LogP) is -0.909. The normalized spacial score (nSPS) is 23.3. The van der Waals surface area contributed by atoms with Crippen molar-refractivity contribution in [2.75, 3.05) is 18.9 Å². The van der Waals surface area contributed by atoms with Gasteiger partial charge < -0.3 is 15.5 Å². The predicted molar refractivity (Wildman–Crippen MR) is 81.4 cm³/mol. The summed E-state index contributed by atoms with van der Waals surface area (Å²) in [6.45, 7) is 2.82. The Kier molecular flexibility index (Phi) is 5.00. The first-order valence-electron chi connectivity index (χ1n) is 7.02. The number of hydrogen-bond donors (Lipinski definition) is 3. The number of aliphatic hydroxyl groups is 1. The molecule has 0 saturated carbocycles. The van der Waals surface area contributed by atoms with E-state index in [1.165, 1.54) is 6.92 Å². The van der Waals surface area contributed by atoms with Crippen LogP contribution in [0.4, 0.5) is 0 Å². The number of aliphatic hydroxyl groups excluding tert-OH is 1. The summed E-state index contributed by atoms with van der Waals surface area (Å²) < 4.78 is 12.3. The van der Waals surface area contributed by atoms with Gasteiger partial charge in [-0.05, 0) is 12.5 Å². The molecule has 23 heavy (non-hydrogen) atoms. The summed E-state index contributed by atoms with van der Waals surface area (Å²) in [6.07, 6.45) is 0.173. The number of nitrogens with one attached hydrogen (secondary N) is 1. The lowest BCUT2D eigenvalue weighted by Gasteiger charge is -2.39. The number of fused-ring (bicyclic) bond motifs is 1. The fourth-order valence-corrected chi connectivity index (χ4v) is 4.03. The highest BCUT2D eigenvalue weighted by Gasteiger charge is 2.53. The van der Waals surface area contributed by atoms with Crippen LogP contribution in [0.15, 0.2) is 21.7 Å². The van der Waals surface area contributed by atoms with Crippen molar-refractivity contribution in [3.05, 3.63) is 21.7 Å². The van der Waals surface area contributed by atoms with Gasteiger partial charge >= 0.3 is 5.97 Å². The van der Waals surface area contributed by atoms with E-state index in [0.29, 0.717) is 11.1 Å². The Labute approximate surface area is 135 Å². The maximum absolute atomic E-state index is 12.3. The largest absolute Gasteiger partial charge is 0.477 e. The number of nitrogens with zero attached hydrogens (tertiary/aromatic N) is 1. The van der Waals surface area contributed by atoms with Crippen molar-refractivity contribution in [2.45, 2.75) is 26.3 Å². The van der Waals surface area contributed by atoms with Gasteiger partial charge in [-0.2, -0.15) is 0 Å². The first-order chi connectivity index (χ1) is 10.8. The minimum atomic E-state index is -1.60. The van der Waals surface area contributed by atoms with Crippen molar-refractivity contribution in [1.29, 1.82) is 0 Å². The molecule has 126 valence electrons. The summed E-state index contributed by atoms with van der Waals surface area (Å²) >= 11 is 0. The van der Waals surface area contributed by atoms with Crippen molar-refractivity contribution in [1.82, 2.24) is 10.2 Å². The molecular formula is C14H18N2O6S. The quantitative estimate of drug-likeness (QED) is 0.424. The molecule has 0 aromatic heterocycles. The summed E-state index contributed by atoms with van der Waals surface area (Å²) in [5.41, 5.74) is 0.641. The highest BCUT2D eigenvalue weighted by atomic mass is 32.2. The molecule has 2 aliphatic rings. The van der Waals surface area contributed by atoms with Gasteiger partial charge in [0.25, 0.3) is 5.91 Å². The summed E-state index contributed by atoms with van der Waals surface area (Å²) in [4.78, 5) is 35.7. The number of amides is 2. The third-order valence-electron chi connectivity index (χ3n) is 3.81. The van der Waals surface area contributed by atoms with Crippen LogP contribution in [0.3, 0.4) is 0 Å². The Balaban J connectivity index is 2.23. The molecule has 0 unspecified atom stereocenters. The van der Waals surface area contributed by atoms with Crippen molar-refractivity contribution in [3.8, 4) is 0 Å². The van der Waals surface area contributed by atoms with Crippen LogP contribution in [0.2, 0.25) is 0 Å². The van der Waals surface area contributed by atoms with Crippen LogP contribution >= 0.6 is 0 Å². The molecule has 0 aromatic rings. The highest BCUT2D eigenvalue weighted by Crippen LogP contribution is 2.44. The van der Waals surface area contributed by atoms with Gasteiger partial charge in [0.1, 0.15) is 5.70 Å². The summed E-state index contributed by atoms with van der Waals surface area (Å²) in [6, 6.07) is -0.472. The van der Waals surface area contributed by atoms with E-state index in [0.717, 1.165) is 4.90 Å². The lowest BCUT2D eigenvalue weighted by Crippen LogP contribution is -2.53. The Morgan fingerprint density at radius 3 is 2.57 bits per heavy atom. The van der Waals surface area contributed by atoms with Crippen molar-refractivity contribution in [2.24, 2.45) is 0 Å². The maximum Gasteiger partial charge on any atom is 0.353 e. The number of aliphatic carboxylic acids is 1. The molecule has 3 N–H and O–H groups in total. The summed E-state index contributed by atoms with van der Waals surface area (Å²) in [5, 5.41) is 21.0. The summed E-state index contributed by atoms with van der Waals surface area (Å²) in [7, 11) is -1.60. The van der Waals surface area contributed by atoms with Gasteiger partial charge in [-0.1, -0.05) is 0 Å². The molecule has 1 fully saturated rings. The van der Waals surface area contributed by atoms with Gasteiger partial charge in [0.15, 0.2) is 0 Å². The van der Waals surface area contributed by atoms with Gasteiger partial charge in [-0.3, -0.25) is 18.7 Å². The zero-order valence-electron chi connectivity index (χ0n) is 12.8. The molecular weight excluding hydrogens is 324 g/mol. The molecule has 2 heterocycles. The molecule has 0 bridgehead atoms. The fraction of sp³-hybridized carbons (Fsp3) is 0.500. The molecule has 0 spiro atoms. The number of carboxylic acid groups (broad SMARTS) is 1. The highest BCUT2D eigenvalue weighted by molar-refractivity contribution is 7.89. The van der Waals surface area contributed by atoms with Crippen LogP contribution in [0.5, 0.6) is 0 Å². The summed E-state index contributed by atoms with van der Waals surface area (Å²) in [5.74, 6) is -1.95. The second-order valence-electron chi connectivity index (χ2n) is 5.36. The molecule has 0 aromatic carbocycles. The monoisotopic (exact) mass is 342 g/mol. The Morgan fingerprint density at radius 2 is 2.04 bits per heavy atom. The van der Waals surface area contributed by atoms with E-state index < -0.39 is 28.7 Å². The average Bonchev–Trinajstić information content (AvgIpc) is 2.82. The van der Waals surface area contributed by atoms with Crippen molar-refractivity contribution >= 4 is 28.6 Å². The zero-order valence-corrected chi connectivity index (χ0v) is 13.6. The molecule has 0 radical (unpaired) electrons. The van der Waals surface area contributed by atoms with Gasteiger partial charge in [0.2, 0.25) is 5.91 Å². The first-order valence-corrected chi connectivity index (χ1v) is 8.34. The van der Waals surface area contributed by atoms with Crippen LogP contribution < -0.4 is 5.32 Å². The van der Waals surface area contributed by atoms with Crippen LogP contribution in [0.25, 0.3) is 0 Å². The number of carboxylic acids is 1. The molecule has 2 aliphatic heterocycles. The van der Waals surface area contributed by atoms with Gasteiger partial charge in [0, 0.05) is 31.2 Å². The molecule has 2 amide bonds. The number of carbonyl (C=O) groups is 3. The van der Waals surface area contributed by atoms with Crippen LogP contribution in [0, 0.1) is 0 Å². The van der Waals surface area contributed by atoms with E-state index >= 15 is 0 Å². The van der Waals surface area contributed by atoms with Crippen LogP contribution in [-0.4, -0.2) is 62.1 Å². The van der Waals surface area contributed by atoms with Crippen LogP contribution in [0.1, 0.15) is 20.3 Å². The van der Waals surface area contributed by atoms with Gasteiger partial charge in [0.05, 0.1) is 28.4 Å². The molecule has 2 rings (SSSR count). The van der Waals surface area contributed by atoms with E-state index in [2.05, 4.69) is 5.32 Å². The van der Waals surface area contributed by atoms with E-state index in [1.54, 1.807) is 6.92 Å². The average molecular weight is 342 g/mol. The first kappa shape index (κ1) is 17.4. The number of carbonyl (C=O) groups excluding carboxylic acids is 2. The van der Waals surface area contributed by atoms with E-state index in [9.17, 15) is 23.7 Å². The number of β-lactam (4-membered cyclic amide) rings is 1. The lowest BCUT2D eigenvalue weighted by molar-refractivity contribution is -0.142.